The molecule has 44 heavy (non-hydrogen) atoms. The first-order chi connectivity index (χ1) is 20.9. The Labute approximate surface area is 258 Å². The Bertz CT molecular complexity index is 586. The maximum Gasteiger partial charge on any atom is 0.293 e. The number of nitrogens with one attached hydrogen (secondary N) is 1. The predicted molar refractivity (Wildman–Crippen MR) is 155 cm³/mol. The molecular weight excluding hydrogens is 596 g/mol. The second-order valence-electron chi connectivity index (χ2n) is 9.67. The van der Waals surface area contributed by atoms with Gasteiger partial charge in [-0.2, -0.15) is 0 Å². The molecule has 18 heteroatoms. The monoisotopic (exact) mass is 654 g/mol. The van der Waals surface area contributed by atoms with Crippen molar-refractivity contribution in [1.29, 1.82) is 0 Å². The molecule has 0 amide bonds. The molecule has 13 N–H and O–H groups in total. The molecule has 268 valence electrons. The molecule has 0 fully saturated rings. The molecular formula is C26H58N2O16. The number of aliphatic hydroxyl groups is 12. The van der Waals surface area contributed by atoms with E-state index in [1.54, 1.807) is 0 Å². The summed E-state index contributed by atoms with van der Waals surface area (Å²) in [5, 5.41) is 118. The Morgan fingerprint density at radius 1 is 0.636 bits per heavy atom. The summed E-state index contributed by atoms with van der Waals surface area (Å²) in [6.07, 6.45) is -13.2. The Morgan fingerprint density at radius 2 is 1.00 bits per heavy atom. The molecule has 0 aromatic heterocycles. The van der Waals surface area contributed by atoms with Crippen molar-refractivity contribution in [1.82, 2.24) is 10.2 Å². The number of nitrogens with zero attached hydrogens (tertiary/aromatic N) is 1. The van der Waals surface area contributed by atoms with Gasteiger partial charge >= 0.3 is 0 Å². The first-order valence-corrected chi connectivity index (χ1v) is 14.2. The molecule has 0 heterocycles. The SMILES string of the molecule is CCNC.CO.O=COCC(O)COCC(O)COCC(O)CN(CC(O)C(O)C(O)CCO)CC(O)C(O)C(O)CCO. The summed E-state index contributed by atoms with van der Waals surface area (Å²) in [4.78, 5) is 11.3. The molecule has 9 atom stereocenters. The Hall–Kier alpha value is -1.17. The molecule has 0 spiro atoms. The van der Waals surface area contributed by atoms with E-state index in [9.17, 15) is 50.8 Å². The van der Waals surface area contributed by atoms with Gasteiger partial charge in [0.2, 0.25) is 0 Å². The molecule has 0 saturated heterocycles. The zero-order valence-corrected chi connectivity index (χ0v) is 25.9. The largest absolute Gasteiger partial charge is 0.465 e. The third-order valence-electron chi connectivity index (χ3n) is 5.74. The van der Waals surface area contributed by atoms with Crippen molar-refractivity contribution in [2.75, 3.05) is 86.6 Å². The normalized spacial score (nSPS) is 17.5. The van der Waals surface area contributed by atoms with Crippen molar-refractivity contribution in [3.8, 4) is 0 Å². The van der Waals surface area contributed by atoms with Gasteiger partial charge in [0.1, 0.15) is 31.0 Å². The minimum atomic E-state index is -1.67. The standard InChI is InChI=1S/C22H45NO15.C3H9N.CH4O/c24-3-1-17(30)21(34)19(32)6-23(7-20(33)22(35)18(31)2-4-25)5-14(27)8-36-9-15(28)10-37-11-16(29)12-38-13-26;1-3-4-2;1-2/h13-22,24-25,27-35H,1-12H2;4H,3H2,1-2H3;2H,1H3. The zero-order chi connectivity index (χ0) is 34.5. The summed E-state index contributed by atoms with van der Waals surface area (Å²) in [6.45, 7) is 0.0981. The van der Waals surface area contributed by atoms with E-state index in [0.29, 0.717) is 0 Å². The molecule has 0 saturated carbocycles. The molecule has 0 aliphatic rings. The van der Waals surface area contributed by atoms with Crippen LogP contribution in [0, 0.1) is 0 Å². The van der Waals surface area contributed by atoms with Crippen LogP contribution in [0.1, 0.15) is 19.8 Å². The highest BCUT2D eigenvalue weighted by Crippen LogP contribution is 2.11. The van der Waals surface area contributed by atoms with E-state index in [0.717, 1.165) is 13.7 Å². The summed E-state index contributed by atoms with van der Waals surface area (Å²) in [5.74, 6) is 0. The summed E-state index contributed by atoms with van der Waals surface area (Å²) in [7, 11) is 2.93. The number of carbonyl (C=O) groups excluding carboxylic acids is 1. The molecule has 0 aromatic carbocycles. The van der Waals surface area contributed by atoms with E-state index >= 15 is 0 Å². The number of aliphatic hydroxyl groups excluding tert-OH is 12. The Kier molecular flexibility index (Phi) is 34.1. The van der Waals surface area contributed by atoms with Crippen LogP contribution in [0.4, 0.5) is 0 Å². The number of hydrogen-bond acceptors (Lipinski definition) is 18. The highest BCUT2D eigenvalue weighted by molar-refractivity contribution is 5.36. The van der Waals surface area contributed by atoms with E-state index in [1.165, 1.54) is 4.90 Å². The number of carbonyl (C=O) groups is 1. The van der Waals surface area contributed by atoms with Gasteiger partial charge in [0.25, 0.3) is 6.47 Å². The van der Waals surface area contributed by atoms with Crippen LogP contribution in [0.25, 0.3) is 0 Å². The molecule has 0 aliphatic heterocycles. The summed E-state index contributed by atoms with van der Waals surface area (Å²) in [5.41, 5.74) is 0. The van der Waals surface area contributed by atoms with Crippen molar-refractivity contribution in [3.63, 3.8) is 0 Å². The lowest BCUT2D eigenvalue weighted by atomic mass is 10.0. The molecule has 18 nitrogen and oxygen atoms in total. The highest BCUT2D eigenvalue weighted by Gasteiger charge is 2.31. The maximum absolute atomic E-state index is 10.3. The lowest BCUT2D eigenvalue weighted by molar-refractivity contribution is -0.133. The maximum atomic E-state index is 10.3. The van der Waals surface area contributed by atoms with Crippen LogP contribution >= 0.6 is 0 Å². The van der Waals surface area contributed by atoms with Crippen LogP contribution in [-0.2, 0) is 19.0 Å². The number of hydrogen-bond donors (Lipinski definition) is 13. The van der Waals surface area contributed by atoms with Gasteiger partial charge in [-0.05, 0) is 26.4 Å². The van der Waals surface area contributed by atoms with Crippen LogP contribution in [-0.4, -0.2) is 214 Å². The minimum absolute atomic E-state index is 0.172. The smallest absolute Gasteiger partial charge is 0.293 e. The van der Waals surface area contributed by atoms with Crippen LogP contribution in [0.3, 0.4) is 0 Å². The van der Waals surface area contributed by atoms with Crippen molar-refractivity contribution >= 4 is 6.47 Å². The third-order valence-corrected chi connectivity index (χ3v) is 5.74. The summed E-state index contributed by atoms with van der Waals surface area (Å²) < 4.78 is 14.6. The van der Waals surface area contributed by atoms with Gasteiger partial charge in [0.15, 0.2) is 0 Å². The zero-order valence-electron chi connectivity index (χ0n) is 25.9. The highest BCUT2D eigenvalue weighted by atomic mass is 16.5. The van der Waals surface area contributed by atoms with Crippen LogP contribution < -0.4 is 5.32 Å². The van der Waals surface area contributed by atoms with Crippen molar-refractivity contribution in [2.45, 2.75) is 74.7 Å². The number of ether oxygens (including phenoxy) is 3. The second kappa shape index (κ2) is 31.8. The lowest BCUT2D eigenvalue weighted by Gasteiger charge is -2.33. The average Bonchev–Trinajstić information content (AvgIpc) is 3.00. The Balaban J connectivity index is -0.00000257. The first-order valence-electron chi connectivity index (χ1n) is 14.2. The second-order valence-corrected chi connectivity index (χ2v) is 9.67. The van der Waals surface area contributed by atoms with Gasteiger partial charge in [0, 0.05) is 40.0 Å². The van der Waals surface area contributed by atoms with Gasteiger partial charge < -0.3 is 80.8 Å². The third kappa shape index (κ3) is 26.1. The van der Waals surface area contributed by atoms with E-state index in [1.807, 2.05) is 7.05 Å². The van der Waals surface area contributed by atoms with E-state index in [2.05, 4.69) is 17.0 Å². The molecule has 9 unspecified atom stereocenters. The van der Waals surface area contributed by atoms with Crippen LogP contribution in [0.5, 0.6) is 0 Å². The van der Waals surface area contributed by atoms with Gasteiger partial charge in [-0.3, -0.25) is 9.69 Å². The van der Waals surface area contributed by atoms with Crippen molar-refractivity contribution < 1.29 is 80.3 Å². The quantitative estimate of drug-likeness (QED) is 0.0386. The Morgan fingerprint density at radius 3 is 1.34 bits per heavy atom. The predicted octanol–water partition coefficient (Wildman–Crippen LogP) is -6.66. The summed E-state index contributed by atoms with van der Waals surface area (Å²) in [6, 6.07) is 0. The minimum Gasteiger partial charge on any atom is -0.465 e. The topological polar surface area (TPSA) is 303 Å². The van der Waals surface area contributed by atoms with Crippen molar-refractivity contribution in [2.24, 2.45) is 0 Å². The number of rotatable bonds is 26. The van der Waals surface area contributed by atoms with E-state index in [4.69, 9.17) is 24.8 Å². The summed E-state index contributed by atoms with van der Waals surface area (Å²) >= 11 is 0. The van der Waals surface area contributed by atoms with Gasteiger partial charge in [-0.1, -0.05) is 6.92 Å². The van der Waals surface area contributed by atoms with Gasteiger partial charge in [-0.15, -0.1) is 0 Å². The first kappa shape index (κ1) is 47.2. The molecule has 0 aliphatic carbocycles. The fourth-order valence-corrected chi connectivity index (χ4v) is 3.37. The average molecular weight is 655 g/mol. The van der Waals surface area contributed by atoms with Gasteiger partial charge in [-0.25, -0.2) is 0 Å². The molecule has 0 rings (SSSR count). The molecule has 0 radical (unpaired) electrons. The fourth-order valence-electron chi connectivity index (χ4n) is 3.37. The lowest BCUT2D eigenvalue weighted by Crippen LogP contribution is -2.51. The van der Waals surface area contributed by atoms with Crippen LogP contribution in [0.15, 0.2) is 0 Å². The van der Waals surface area contributed by atoms with Crippen LogP contribution in [0.2, 0.25) is 0 Å². The molecule has 0 bridgehead atoms. The van der Waals surface area contributed by atoms with E-state index < -0.39 is 81.2 Å². The molecule has 0 aromatic rings. The van der Waals surface area contributed by atoms with E-state index in [-0.39, 0.29) is 58.9 Å². The fraction of sp³-hybridized carbons (Fsp3) is 0.962. The van der Waals surface area contributed by atoms with Gasteiger partial charge in [0.05, 0.1) is 56.9 Å². The van der Waals surface area contributed by atoms with Crippen molar-refractivity contribution in [3.05, 3.63) is 0 Å².